The summed E-state index contributed by atoms with van der Waals surface area (Å²) in [6.07, 6.45) is -0.849. The summed E-state index contributed by atoms with van der Waals surface area (Å²) in [6.45, 7) is 1.68. The Kier molecular flexibility index (Phi) is 6.56. The van der Waals surface area contributed by atoms with E-state index in [0.717, 1.165) is 12.1 Å². The number of carbonyl (C=O) groups is 2. The number of anilines is 2. The molecular weight excluding hydrogens is 464 g/mol. The van der Waals surface area contributed by atoms with Crippen molar-refractivity contribution in [2.45, 2.75) is 38.9 Å². The van der Waals surface area contributed by atoms with Crippen LogP contribution in [-0.4, -0.2) is 21.7 Å². The zero-order chi connectivity index (χ0) is 25.2. The summed E-state index contributed by atoms with van der Waals surface area (Å²) in [5.74, 6) is -1.38. The number of hydrogen-bond acceptors (Lipinski definition) is 5. The van der Waals surface area contributed by atoms with Gasteiger partial charge >= 0.3 is 6.18 Å². The van der Waals surface area contributed by atoms with Crippen molar-refractivity contribution in [3.8, 4) is 0 Å². The number of aromatic nitrogens is 2. The van der Waals surface area contributed by atoms with Gasteiger partial charge in [0.25, 0.3) is 0 Å². The molecule has 1 aromatic carbocycles. The Hall–Kier alpha value is -3.82. The third kappa shape index (κ3) is 5.82. The first-order valence-corrected chi connectivity index (χ1v) is 10.9. The highest BCUT2D eigenvalue weighted by atomic mass is 19.4. The lowest BCUT2D eigenvalue weighted by molar-refractivity contribution is -0.137. The van der Waals surface area contributed by atoms with Crippen LogP contribution in [0.2, 0.25) is 0 Å². The number of benzene rings is 1. The van der Waals surface area contributed by atoms with E-state index in [2.05, 4.69) is 20.6 Å². The van der Waals surface area contributed by atoms with Gasteiger partial charge in [-0.05, 0) is 50.1 Å². The van der Waals surface area contributed by atoms with Crippen molar-refractivity contribution < 1.29 is 27.2 Å². The maximum absolute atomic E-state index is 13.3. The quantitative estimate of drug-likeness (QED) is 0.255. The van der Waals surface area contributed by atoms with Gasteiger partial charge in [0.05, 0.1) is 40.8 Å². The van der Waals surface area contributed by atoms with Crippen molar-refractivity contribution >= 4 is 23.1 Å². The summed E-state index contributed by atoms with van der Waals surface area (Å²) < 4.78 is 53.3. The maximum Gasteiger partial charge on any atom is 0.418 e. The molecule has 0 radical (unpaired) electrons. The Bertz CT molecular complexity index is 1260. The fourth-order valence-electron chi connectivity index (χ4n) is 3.74. The highest BCUT2D eigenvalue weighted by molar-refractivity contribution is 6.00. The molecule has 35 heavy (non-hydrogen) atoms. The summed E-state index contributed by atoms with van der Waals surface area (Å²) in [5.41, 5.74) is -0.144. The SMILES string of the molecule is Cc1ccc(Nc2ccc(CNC(=O)C3(CC(=O)c4ccnc(F)c4)CC3)nc2)c(C(F)(F)F)c1. The second-order valence-electron chi connectivity index (χ2n) is 8.64. The van der Waals surface area contributed by atoms with E-state index in [1.54, 1.807) is 25.1 Å². The van der Waals surface area contributed by atoms with Crippen LogP contribution in [0.15, 0.2) is 54.9 Å². The van der Waals surface area contributed by atoms with Crippen LogP contribution in [0.3, 0.4) is 0 Å². The van der Waals surface area contributed by atoms with Crippen LogP contribution in [0.5, 0.6) is 0 Å². The van der Waals surface area contributed by atoms with Crippen molar-refractivity contribution in [2.75, 3.05) is 5.32 Å². The zero-order valence-electron chi connectivity index (χ0n) is 18.7. The van der Waals surface area contributed by atoms with E-state index in [4.69, 9.17) is 0 Å². The number of nitrogens with zero attached hydrogens (tertiary/aromatic N) is 2. The van der Waals surface area contributed by atoms with Gasteiger partial charge in [0.2, 0.25) is 11.9 Å². The predicted octanol–water partition coefficient (Wildman–Crippen LogP) is 5.36. The number of pyridine rings is 2. The lowest BCUT2D eigenvalue weighted by Crippen LogP contribution is -2.33. The fourth-order valence-corrected chi connectivity index (χ4v) is 3.74. The first-order valence-electron chi connectivity index (χ1n) is 10.9. The average molecular weight is 486 g/mol. The van der Waals surface area contributed by atoms with Crippen LogP contribution in [-0.2, 0) is 17.5 Å². The molecule has 0 saturated heterocycles. The second kappa shape index (κ2) is 9.44. The van der Waals surface area contributed by atoms with Gasteiger partial charge in [-0.1, -0.05) is 11.6 Å². The summed E-state index contributed by atoms with van der Waals surface area (Å²) in [7, 11) is 0. The van der Waals surface area contributed by atoms with Gasteiger partial charge in [0.15, 0.2) is 5.78 Å². The molecule has 0 spiro atoms. The van der Waals surface area contributed by atoms with E-state index in [0.29, 0.717) is 29.8 Å². The summed E-state index contributed by atoms with van der Waals surface area (Å²) >= 11 is 0. The highest BCUT2D eigenvalue weighted by Gasteiger charge is 2.51. The first-order chi connectivity index (χ1) is 16.6. The molecule has 1 aliphatic carbocycles. The van der Waals surface area contributed by atoms with E-state index >= 15 is 0 Å². The van der Waals surface area contributed by atoms with Crippen molar-refractivity contribution in [1.29, 1.82) is 0 Å². The zero-order valence-corrected chi connectivity index (χ0v) is 18.7. The third-order valence-electron chi connectivity index (χ3n) is 5.90. The van der Waals surface area contributed by atoms with E-state index in [1.807, 2.05) is 0 Å². The van der Waals surface area contributed by atoms with Crippen LogP contribution in [0.4, 0.5) is 28.9 Å². The molecule has 182 valence electrons. The summed E-state index contributed by atoms with van der Waals surface area (Å²) in [5, 5.41) is 5.50. The first kappa shape index (κ1) is 24.3. The number of carbonyl (C=O) groups excluding carboxylic acids is 2. The average Bonchev–Trinajstić information content (AvgIpc) is 3.59. The monoisotopic (exact) mass is 486 g/mol. The maximum atomic E-state index is 13.3. The Morgan fingerprint density at radius 2 is 1.83 bits per heavy atom. The van der Waals surface area contributed by atoms with Crippen molar-refractivity contribution in [2.24, 2.45) is 5.41 Å². The molecule has 0 unspecified atom stereocenters. The minimum absolute atomic E-state index is 0.0311. The van der Waals surface area contributed by atoms with Gasteiger partial charge in [-0.3, -0.25) is 14.6 Å². The summed E-state index contributed by atoms with van der Waals surface area (Å²) in [6, 6.07) is 9.64. The molecule has 0 bridgehead atoms. The van der Waals surface area contributed by atoms with Gasteiger partial charge < -0.3 is 10.6 Å². The van der Waals surface area contributed by atoms with Gasteiger partial charge in [-0.15, -0.1) is 0 Å². The number of alkyl halides is 3. The van der Waals surface area contributed by atoms with E-state index < -0.39 is 23.1 Å². The highest BCUT2D eigenvalue weighted by Crippen LogP contribution is 2.49. The number of Topliss-reactive ketones (excluding diaryl/α,β-unsaturated/α-hetero) is 1. The minimum atomic E-state index is -4.50. The smallest absolute Gasteiger partial charge is 0.354 e. The molecule has 1 amide bonds. The number of aryl methyl sites for hydroxylation is 1. The fraction of sp³-hybridized carbons (Fsp3) is 0.280. The van der Waals surface area contributed by atoms with Gasteiger partial charge in [-0.2, -0.15) is 17.6 Å². The van der Waals surface area contributed by atoms with Crippen LogP contribution in [0.25, 0.3) is 0 Å². The molecule has 0 atom stereocenters. The van der Waals surface area contributed by atoms with Gasteiger partial charge in [0, 0.05) is 24.2 Å². The Balaban J connectivity index is 1.35. The van der Waals surface area contributed by atoms with Gasteiger partial charge in [-0.25, -0.2) is 4.98 Å². The molecule has 4 rings (SSSR count). The number of hydrogen-bond donors (Lipinski definition) is 2. The molecule has 0 aliphatic heterocycles. The molecule has 1 aliphatic rings. The molecule has 6 nitrogen and oxygen atoms in total. The molecular formula is C25H22F4N4O2. The van der Waals surface area contributed by atoms with Crippen LogP contribution < -0.4 is 10.6 Å². The number of ketones is 1. The molecule has 3 aromatic rings. The van der Waals surface area contributed by atoms with E-state index in [1.165, 1.54) is 24.5 Å². The van der Waals surface area contributed by atoms with E-state index in [-0.39, 0.29) is 35.9 Å². The molecule has 10 heteroatoms. The Morgan fingerprint density at radius 1 is 1.06 bits per heavy atom. The third-order valence-corrected chi connectivity index (χ3v) is 5.90. The largest absolute Gasteiger partial charge is 0.418 e. The number of halogens is 4. The standard InChI is InChI=1S/C25H22F4N4O2/c1-15-2-5-20(19(10-15)25(27,28)29)33-18-4-3-17(31-14-18)13-32-23(35)24(7-8-24)12-21(34)16-6-9-30-22(26)11-16/h2-6,9-11,14,33H,7-8,12-13H2,1H3,(H,32,35). The molecule has 2 aromatic heterocycles. The predicted molar refractivity (Wildman–Crippen MR) is 120 cm³/mol. The van der Waals surface area contributed by atoms with Gasteiger partial charge in [0.1, 0.15) is 0 Å². The van der Waals surface area contributed by atoms with Crippen LogP contribution in [0.1, 0.15) is 46.4 Å². The molecule has 2 heterocycles. The van der Waals surface area contributed by atoms with Crippen LogP contribution >= 0.6 is 0 Å². The lowest BCUT2D eigenvalue weighted by atomic mass is 9.95. The Morgan fingerprint density at radius 3 is 2.46 bits per heavy atom. The number of rotatable bonds is 8. The lowest BCUT2D eigenvalue weighted by Gasteiger charge is -2.16. The number of nitrogens with one attached hydrogen (secondary N) is 2. The topological polar surface area (TPSA) is 84.0 Å². The van der Waals surface area contributed by atoms with Crippen molar-refractivity contribution in [3.63, 3.8) is 0 Å². The molecule has 2 N–H and O–H groups in total. The summed E-state index contributed by atoms with van der Waals surface area (Å²) in [4.78, 5) is 32.8. The Labute approximate surface area is 198 Å². The minimum Gasteiger partial charge on any atom is -0.354 e. The normalized spacial score (nSPS) is 14.3. The van der Waals surface area contributed by atoms with Crippen molar-refractivity contribution in [1.82, 2.24) is 15.3 Å². The number of amides is 1. The second-order valence-corrected chi connectivity index (χ2v) is 8.64. The van der Waals surface area contributed by atoms with Crippen molar-refractivity contribution in [3.05, 3.63) is 83.2 Å². The van der Waals surface area contributed by atoms with E-state index in [9.17, 15) is 27.2 Å². The molecule has 1 saturated carbocycles. The van der Waals surface area contributed by atoms with Crippen LogP contribution in [0, 0.1) is 18.3 Å². The molecule has 1 fully saturated rings.